The molecule has 0 aliphatic heterocycles. The normalized spacial score (nSPS) is 10.8. The maximum Gasteiger partial charge on any atom is 0.230 e. The molecule has 0 aliphatic rings. The van der Waals surface area contributed by atoms with Gasteiger partial charge >= 0.3 is 0 Å². The summed E-state index contributed by atoms with van der Waals surface area (Å²) in [5.74, 6) is 1.49. The quantitative estimate of drug-likeness (QED) is 0.405. The largest absolute Gasteiger partial charge is 0.467 e. The van der Waals surface area contributed by atoms with Crippen molar-refractivity contribution >= 4 is 29.3 Å². The van der Waals surface area contributed by atoms with Crippen molar-refractivity contribution in [2.24, 2.45) is 0 Å². The van der Waals surface area contributed by atoms with Crippen LogP contribution in [0.1, 0.15) is 11.3 Å². The van der Waals surface area contributed by atoms with Crippen LogP contribution in [0.4, 0.5) is 0 Å². The fourth-order valence-corrected chi connectivity index (χ4v) is 3.91. The van der Waals surface area contributed by atoms with E-state index in [2.05, 4.69) is 15.5 Å². The Hall–Kier alpha value is -3.03. The first-order chi connectivity index (χ1) is 14.7. The van der Waals surface area contributed by atoms with E-state index < -0.39 is 0 Å². The molecule has 4 rings (SSSR count). The SMILES string of the molecule is O=C(CSc1nnc(-c2ccccc2Cl)n1Cc1ccccc1)NCc1ccco1. The molecule has 1 amide bonds. The molecule has 152 valence electrons. The van der Waals surface area contributed by atoms with Gasteiger partial charge in [0.1, 0.15) is 5.76 Å². The predicted octanol–water partition coefficient (Wildman–Crippen LogP) is 4.65. The van der Waals surface area contributed by atoms with Crippen LogP contribution < -0.4 is 5.32 Å². The lowest BCUT2D eigenvalue weighted by molar-refractivity contribution is -0.118. The fourth-order valence-electron chi connectivity index (χ4n) is 2.93. The second kappa shape index (κ2) is 9.65. The molecule has 0 radical (unpaired) electrons. The zero-order chi connectivity index (χ0) is 20.8. The highest BCUT2D eigenvalue weighted by molar-refractivity contribution is 7.99. The number of nitrogens with one attached hydrogen (secondary N) is 1. The number of rotatable bonds is 8. The highest BCUT2D eigenvalue weighted by atomic mass is 35.5. The second-order valence-electron chi connectivity index (χ2n) is 6.50. The van der Waals surface area contributed by atoms with Crippen LogP contribution in [0.25, 0.3) is 11.4 Å². The first-order valence-electron chi connectivity index (χ1n) is 9.34. The lowest BCUT2D eigenvalue weighted by atomic mass is 10.2. The summed E-state index contributed by atoms with van der Waals surface area (Å²) in [6.45, 7) is 0.929. The number of nitrogens with zero attached hydrogens (tertiary/aromatic N) is 3. The van der Waals surface area contributed by atoms with Crippen LogP contribution in [-0.2, 0) is 17.9 Å². The van der Waals surface area contributed by atoms with Crippen molar-refractivity contribution in [3.63, 3.8) is 0 Å². The number of thioether (sulfide) groups is 1. The molecule has 0 fully saturated rings. The summed E-state index contributed by atoms with van der Waals surface area (Å²) in [5.41, 5.74) is 1.91. The molecular weight excluding hydrogens is 420 g/mol. The number of benzene rings is 2. The number of hydrogen-bond acceptors (Lipinski definition) is 5. The van der Waals surface area contributed by atoms with Crippen molar-refractivity contribution in [3.05, 3.63) is 89.3 Å². The fraction of sp³-hybridized carbons (Fsp3) is 0.136. The van der Waals surface area contributed by atoms with E-state index in [-0.39, 0.29) is 11.7 Å². The van der Waals surface area contributed by atoms with Crippen LogP contribution in [0.15, 0.2) is 82.6 Å². The van der Waals surface area contributed by atoms with Gasteiger partial charge in [0, 0.05) is 5.56 Å². The number of halogens is 1. The van der Waals surface area contributed by atoms with Gasteiger partial charge in [-0.3, -0.25) is 9.36 Å². The highest BCUT2D eigenvalue weighted by Gasteiger charge is 2.18. The van der Waals surface area contributed by atoms with E-state index in [0.29, 0.717) is 34.9 Å². The van der Waals surface area contributed by atoms with E-state index in [0.717, 1.165) is 11.1 Å². The number of amides is 1. The molecule has 0 atom stereocenters. The molecule has 0 spiro atoms. The molecule has 4 aromatic rings. The van der Waals surface area contributed by atoms with Gasteiger partial charge in [0.2, 0.25) is 5.91 Å². The molecule has 8 heteroatoms. The third-order valence-electron chi connectivity index (χ3n) is 4.39. The number of carbonyl (C=O) groups excluding carboxylic acids is 1. The van der Waals surface area contributed by atoms with Gasteiger partial charge in [-0.25, -0.2) is 0 Å². The molecule has 30 heavy (non-hydrogen) atoms. The van der Waals surface area contributed by atoms with Gasteiger partial charge < -0.3 is 9.73 Å². The van der Waals surface area contributed by atoms with Crippen LogP contribution in [-0.4, -0.2) is 26.4 Å². The summed E-state index contributed by atoms with van der Waals surface area (Å²) in [5, 5.41) is 12.8. The molecule has 0 aliphatic carbocycles. The molecule has 0 saturated heterocycles. The van der Waals surface area contributed by atoms with Crippen LogP contribution in [0.5, 0.6) is 0 Å². The standard InChI is InChI=1S/C22H19ClN4O2S/c23-19-11-5-4-10-18(19)21-25-26-22(27(21)14-16-7-2-1-3-8-16)30-15-20(28)24-13-17-9-6-12-29-17/h1-12H,13-15H2,(H,24,28). The third-order valence-corrected chi connectivity index (χ3v) is 5.68. The molecule has 1 N–H and O–H groups in total. The molecule has 0 bridgehead atoms. The average molecular weight is 439 g/mol. The Labute approximate surface area is 183 Å². The van der Waals surface area contributed by atoms with Crippen LogP contribution in [0.2, 0.25) is 5.02 Å². The molecule has 0 unspecified atom stereocenters. The minimum atomic E-state index is -0.107. The first-order valence-corrected chi connectivity index (χ1v) is 10.7. The predicted molar refractivity (Wildman–Crippen MR) is 117 cm³/mol. The van der Waals surface area contributed by atoms with Gasteiger partial charge in [-0.15, -0.1) is 10.2 Å². The Morgan fingerprint density at radius 2 is 1.83 bits per heavy atom. The summed E-state index contributed by atoms with van der Waals surface area (Å²) >= 11 is 7.74. The van der Waals surface area contributed by atoms with Gasteiger partial charge in [-0.1, -0.05) is 65.8 Å². The van der Waals surface area contributed by atoms with Gasteiger partial charge in [0.15, 0.2) is 11.0 Å². The lowest BCUT2D eigenvalue weighted by Crippen LogP contribution is -2.24. The first kappa shape index (κ1) is 20.3. The molecule has 2 aromatic carbocycles. The Morgan fingerprint density at radius 3 is 2.60 bits per heavy atom. The maximum atomic E-state index is 12.3. The molecule has 2 heterocycles. The lowest BCUT2D eigenvalue weighted by Gasteiger charge is -2.11. The van der Waals surface area contributed by atoms with E-state index in [1.165, 1.54) is 11.8 Å². The van der Waals surface area contributed by atoms with E-state index in [1.54, 1.807) is 12.3 Å². The topological polar surface area (TPSA) is 73.0 Å². The van der Waals surface area contributed by atoms with Crippen molar-refractivity contribution in [3.8, 4) is 11.4 Å². The average Bonchev–Trinajstić information content (AvgIpc) is 3.42. The smallest absolute Gasteiger partial charge is 0.230 e. The van der Waals surface area contributed by atoms with Crippen LogP contribution >= 0.6 is 23.4 Å². The van der Waals surface area contributed by atoms with Gasteiger partial charge in [-0.2, -0.15) is 0 Å². The Kier molecular flexibility index (Phi) is 6.51. The summed E-state index contributed by atoms with van der Waals surface area (Å²) in [6, 6.07) is 21.2. The summed E-state index contributed by atoms with van der Waals surface area (Å²) < 4.78 is 7.22. The van der Waals surface area contributed by atoms with Crippen LogP contribution in [0, 0.1) is 0 Å². The molecule has 6 nitrogen and oxygen atoms in total. The third kappa shape index (κ3) is 4.93. The van der Waals surface area contributed by atoms with Crippen molar-refractivity contribution in [2.45, 2.75) is 18.2 Å². The molecular formula is C22H19ClN4O2S. The Morgan fingerprint density at radius 1 is 1.03 bits per heavy atom. The number of furan rings is 1. The number of hydrogen-bond donors (Lipinski definition) is 1. The minimum absolute atomic E-state index is 0.107. The van der Waals surface area contributed by atoms with Crippen molar-refractivity contribution in [1.29, 1.82) is 0 Å². The van der Waals surface area contributed by atoms with E-state index in [1.807, 2.05) is 65.2 Å². The van der Waals surface area contributed by atoms with Crippen molar-refractivity contribution in [2.75, 3.05) is 5.75 Å². The van der Waals surface area contributed by atoms with Gasteiger partial charge in [0.05, 0.1) is 30.1 Å². The molecule has 0 saturated carbocycles. The van der Waals surface area contributed by atoms with E-state index >= 15 is 0 Å². The number of aromatic nitrogens is 3. The van der Waals surface area contributed by atoms with E-state index in [4.69, 9.17) is 16.0 Å². The monoisotopic (exact) mass is 438 g/mol. The maximum absolute atomic E-state index is 12.3. The van der Waals surface area contributed by atoms with Crippen molar-refractivity contribution in [1.82, 2.24) is 20.1 Å². The second-order valence-corrected chi connectivity index (χ2v) is 7.85. The summed E-state index contributed by atoms with van der Waals surface area (Å²) in [6.07, 6.45) is 1.58. The summed E-state index contributed by atoms with van der Waals surface area (Å²) in [7, 11) is 0. The Balaban J connectivity index is 1.53. The van der Waals surface area contributed by atoms with Gasteiger partial charge in [0.25, 0.3) is 0 Å². The van der Waals surface area contributed by atoms with Crippen LogP contribution in [0.3, 0.4) is 0 Å². The minimum Gasteiger partial charge on any atom is -0.467 e. The molecule has 2 aromatic heterocycles. The zero-order valence-electron chi connectivity index (χ0n) is 16.0. The van der Waals surface area contributed by atoms with Gasteiger partial charge in [-0.05, 0) is 29.8 Å². The number of carbonyl (C=O) groups is 1. The zero-order valence-corrected chi connectivity index (χ0v) is 17.6. The highest BCUT2D eigenvalue weighted by Crippen LogP contribution is 2.30. The Bertz CT molecular complexity index is 1110. The van der Waals surface area contributed by atoms with E-state index in [9.17, 15) is 4.79 Å². The van der Waals surface area contributed by atoms with Crippen molar-refractivity contribution < 1.29 is 9.21 Å². The summed E-state index contributed by atoms with van der Waals surface area (Å²) in [4.78, 5) is 12.3.